The van der Waals surface area contributed by atoms with Crippen molar-refractivity contribution in [3.63, 3.8) is 0 Å². The van der Waals surface area contributed by atoms with Gasteiger partial charge in [-0.05, 0) is 36.2 Å². The van der Waals surface area contributed by atoms with Crippen LogP contribution < -0.4 is 10.2 Å². The van der Waals surface area contributed by atoms with Crippen molar-refractivity contribution in [3.8, 4) is 11.4 Å². The Morgan fingerprint density at radius 2 is 1.93 bits per heavy atom. The first-order valence-corrected chi connectivity index (χ1v) is 9.65. The molecule has 4 aromatic rings. The predicted molar refractivity (Wildman–Crippen MR) is 111 cm³/mol. The van der Waals surface area contributed by atoms with Gasteiger partial charge in [0.05, 0.1) is 5.69 Å². The van der Waals surface area contributed by atoms with Crippen LogP contribution in [0.5, 0.6) is 0 Å². The number of aromatic amines is 1. The molecular formula is C22H22N6. The molecular weight excluding hydrogens is 348 g/mol. The Kier molecular flexibility index (Phi) is 4.47. The highest BCUT2D eigenvalue weighted by molar-refractivity contribution is 5.89. The fraction of sp³-hybridized carbons (Fsp3) is 0.227. The van der Waals surface area contributed by atoms with Gasteiger partial charge in [-0.25, -0.2) is 9.97 Å². The summed E-state index contributed by atoms with van der Waals surface area (Å²) in [4.78, 5) is 11.6. The van der Waals surface area contributed by atoms with Crippen molar-refractivity contribution in [2.24, 2.45) is 0 Å². The zero-order valence-electron chi connectivity index (χ0n) is 15.5. The number of pyridine rings is 2. The van der Waals surface area contributed by atoms with Crippen molar-refractivity contribution in [2.75, 3.05) is 24.5 Å². The maximum absolute atomic E-state index is 4.92. The average Bonchev–Trinajstić information content (AvgIpc) is 3.19. The fourth-order valence-electron chi connectivity index (χ4n) is 3.85. The summed E-state index contributed by atoms with van der Waals surface area (Å²) in [5, 5.41) is 12.1. The maximum atomic E-state index is 4.92. The van der Waals surface area contributed by atoms with Gasteiger partial charge < -0.3 is 10.2 Å². The number of fused-ring (bicyclic) bond motifs is 1. The monoisotopic (exact) mass is 370 g/mol. The molecule has 28 heavy (non-hydrogen) atoms. The number of piperazine rings is 1. The number of hydrogen-bond donors (Lipinski definition) is 2. The third-order valence-electron chi connectivity index (χ3n) is 5.22. The number of anilines is 1. The van der Waals surface area contributed by atoms with Gasteiger partial charge in [0.15, 0.2) is 5.65 Å². The summed E-state index contributed by atoms with van der Waals surface area (Å²) >= 11 is 0. The van der Waals surface area contributed by atoms with Crippen molar-refractivity contribution in [1.82, 2.24) is 25.5 Å². The highest BCUT2D eigenvalue weighted by atomic mass is 15.2. The molecule has 1 saturated heterocycles. The summed E-state index contributed by atoms with van der Waals surface area (Å²) in [7, 11) is 0. The van der Waals surface area contributed by atoms with Crippen LogP contribution in [0.4, 0.5) is 5.82 Å². The molecule has 0 unspecified atom stereocenters. The normalized spacial score (nSPS) is 17.1. The molecule has 3 aromatic heterocycles. The molecule has 1 fully saturated rings. The zero-order valence-corrected chi connectivity index (χ0v) is 15.5. The second-order valence-electron chi connectivity index (χ2n) is 7.14. The number of benzene rings is 1. The molecule has 1 atom stereocenters. The van der Waals surface area contributed by atoms with Gasteiger partial charge in [0, 0.05) is 37.3 Å². The van der Waals surface area contributed by atoms with E-state index in [1.165, 1.54) is 5.56 Å². The van der Waals surface area contributed by atoms with E-state index in [1.807, 2.05) is 18.2 Å². The summed E-state index contributed by atoms with van der Waals surface area (Å²) in [6.07, 6.45) is 2.79. The molecule has 6 heteroatoms. The lowest BCUT2D eigenvalue weighted by Crippen LogP contribution is -2.51. The fourth-order valence-corrected chi connectivity index (χ4v) is 3.85. The van der Waals surface area contributed by atoms with Crippen LogP contribution in [0.3, 0.4) is 0 Å². The summed E-state index contributed by atoms with van der Waals surface area (Å²) in [6, 6.07) is 21.2. The lowest BCUT2D eigenvalue weighted by Gasteiger charge is -2.34. The molecule has 0 bridgehead atoms. The van der Waals surface area contributed by atoms with Crippen LogP contribution in [-0.4, -0.2) is 45.8 Å². The molecule has 6 nitrogen and oxygen atoms in total. The van der Waals surface area contributed by atoms with E-state index in [9.17, 15) is 0 Å². The lowest BCUT2D eigenvalue weighted by atomic mass is 10.0. The Morgan fingerprint density at radius 1 is 1.00 bits per heavy atom. The van der Waals surface area contributed by atoms with Crippen LogP contribution in [0.2, 0.25) is 0 Å². The van der Waals surface area contributed by atoms with Crippen LogP contribution in [0.1, 0.15) is 5.56 Å². The van der Waals surface area contributed by atoms with Crippen LogP contribution in [0.25, 0.3) is 22.4 Å². The van der Waals surface area contributed by atoms with E-state index in [1.54, 1.807) is 6.20 Å². The number of H-pyrrole nitrogens is 1. The van der Waals surface area contributed by atoms with Gasteiger partial charge in [-0.3, -0.25) is 5.10 Å². The van der Waals surface area contributed by atoms with Gasteiger partial charge in [0.1, 0.15) is 11.5 Å². The highest BCUT2D eigenvalue weighted by Gasteiger charge is 2.21. The first-order chi connectivity index (χ1) is 13.9. The Balaban J connectivity index is 1.38. The molecule has 1 aliphatic heterocycles. The summed E-state index contributed by atoms with van der Waals surface area (Å²) in [5.74, 6) is 0.997. The largest absolute Gasteiger partial charge is 0.354 e. The summed E-state index contributed by atoms with van der Waals surface area (Å²) in [6.45, 7) is 2.84. The molecule has 5 rings (SSSR count). The number of aromatic nitrogens is 4. The Hall–Kier alpha value is -3.25. The molecule has 0 radical (unpaired) electrons. The van der Waals surface area contributed by atoms with Gasteiger partial charge in [-0.2, -0.15) is 5.10 Å². The second-order valence-corrected chi connectivity index (χ2v) is 7.14. The molecule has 1 aromatic carbocycles. The van der Waals surface area contributed by atoms with E-state index in [4.69, 9.17) is 4.98 Å². The van der Waals surface area contributed by atoms with Crippen molar-refractivity contribution in [1.29, 1.82) is 0 Å². The third kappa shape index (κ3) is 3.34. The van der Waals surface area contributed by atoms with Gasteiger partial charge in [0.2, 0.25) is 0 Å². The minimum absolute atomic E-state index is 0.414. The first-order valence-electron chi connectivity index (χ1n) is 9.65. The highest BCUT2D eigenvalue weighted by Crippen LogP contribution is 2.25. The summed E-state index contributed by atoms with van der Waals surface area (Å²) in [5.41, 5.74) is 3.87. The van der Waals surface area contributed by atoms with Crippen LogP contribution in [0, 0.1) is 0 Å². The van der Waals surface area contributed by atoms with Crippen molar-refractivity contribution in [3.05, 3.63) is 72.4 Å². The van der Waals surface area contributed by atoms with E-state index in [0.29, 0.717) is 6.04 Å². The molecule has 0 spiro atoms. The number of nitrogens with one attached hydrogen (secondary N) is 2. The first kappa shape index (κ1) is 16.9. The predicted octanol–water partition coefficient (Wildman–Crippen LogP) is 3.04. The molecule has 4 heterocycles. The molecule has 2 N–H and O–H groups in total. The van der Waals surface area contributed by atoms with E-state index in [2.05, 4.69) is 67.9 Å². The zero-order chi connectivity index (χ0) is 18.8. The number of rotatable bonds is 4. The SMILES string of the molecule is c1ccc(C[C@H]2CN(c3cccc(-c4n[nH]c5ncccc45)n3)CCN2)cc1. The smallest absolute Gasteiger partial charge is 0.155 e. The van der Waals surface area contributed by atoms with E-state index in [0.717, 1.165) is 54.3 Å². The average molecular weight is 370 g/mol. The van der Waals surface area contributed by atoms with Crippen LogP contribution >= 0.6 is 0 Å². The molecule has 140 valence electrons. The molecule has 0 amide bonds. The lowest BCUT2D eigenvalue weighted by molar-refractivity contribution is 0.453. The van der Waals surface area contributed by atoms with Gasteiger partial charge >= 0.3 is 0 Å². The van der Waals surface area contributed by atoms with E-state index < -0.39 is 0 Å². The minimum Gasteiger partial charge on any atom is -0.354 e. The molecule has 0 saturated carbocycles. The van der Waals surface area contributed by atoms with Gasteiger partial charge in [-0.15, -0.1) is 0 Å². The maximum Gasteiger partial charge on any atom is 0.155 e. The second kappa shape index (κ2) is 7.40. The topological polar surface area (TPSA) is 69.7 Å². The summed E-state index contributed by atoms with van der Waals surface area (Å²) < 4.78 is 0. The number of nitrogens with zero attached hydrogens (tertiary/aromatic N) is 4. The Labute approximate surface area is 163 Å². The molecule has 0 aliphatic carbocycles. The van der Waals surface area contributed by atoms with Crippen LogP contribution in [0.15, 0.2) is 66.9 Å². The standard InChI is InChI=1S/C22H22N6/c1-2-6-16(7-3-1)14-17-15-28(13-12-23-17)20-10-4-9-19(25-20)21-18-8-5-11-24-22(18)27-26-21/h1-11,17,23H,12-15H2,(H,24,26,27)/t17-/m0/s1. The third-order valence-corrected chi connectivity index (χ3v) is 5.22. The van der Waals surface area contributed by atoms with Crippen molar-refractivity contribution >= 4 is 16.9 Å². The van der Waals surface area contributed by atoms with E-state index >= 15 is 0 Å². The quantitative estimate of drug-likeness (QED) is 0.578. The van der Waals surface area contributed by atoms with Crippen LogP contribution in [-0.2, 0) is 6.42 Å². The van der Waals surface area contributed by atoms with Gasteiger partial charge in [0.25, 0.3) is 0 Å². The number of hydrogen-bond acceptors (Lipinski definition) is 5. The van der Waals surface area contributed by atoms with Gasteiger partial charge in [-0.1, -0.05) is 36.4 Å². The minimum atomic E-state index is 0.414. The Morgan fingerprint density at radius 3 is 2.86 bits per heavy atom. The Bertz CT molecular complexity index is 1070. The van der Waals surface area contributed by atoms with E-state index in [-0.39, 0.29) is 0 Å². The molecule has 1 aliphatic rings. The van der Waals surface area contributed by atoms with Crippen molar-refractivity contribution < 1.29 is 0 Å². The van der Waals surface area contributed by atoms with Crippen molar-refractivity contribution in [2.45, 2.75) is 12.5 Å².